The molecule has 2 N–H and O–H groups in total. The Morgan fingerprint density at radius 2 is 2.08 bits per heavy atom. The summed E-state index contributed by atoms with van der Waals surface area (Å²) in [6, 6.07) is 8.27. The number of hydrogen-bond acceptors (Lipinski definition) is 2. The normalized spacial score (nSPS) is 10.2. The van der Waals surface area contributed by atoms with Crippen molar-refractivity contribution in [3.63, 3.8) is 0 Å². The van der Waals surface area contributed by atoms with Crippen LogP contribution in [0.5, 0.6) is 0 Å². The number of benzene rings is 1. The fourth-order valence-electron chi connectivity index (χ4n) is 1.18. The second-order valence-electron chi connectivity index (χ2n) is 2.72. The van der Waals surface area contributed by atoms with Crippen LogP contribution in [-0.2, 0) is 0 Å². The Kier molecular flexibility index (Phi) is 2.02. The van der Waals surface area contributed by atoms with Crippen molar-refractivity contribution in [1.29, 1.82) is 0 Å². The highest BCUT2D eigenvalue weighted by Gasteiger charge is 2.03. The first-order valence-corrected chi connectivity index (χ1v) is 4.74. The Balaban J connectivity index is 2.53. The molecule has 1 aromatic heterocycles. The molecule has 0 saturated heterocycles. The fourth-order valence-corrected chi connectivity index (χ4v) is 2.00. The number of hydrogen-bond donors (Lipinski definition) is 1. The van der Waals surface area contributed by atoms with Gasteiger partial charge < -0.3 is 5.73 Å². The summed E-state index contributed by atoms with van der Waals surface area (Å²) < 4.78 is 12.9. The van der Waals surface area contributed by atoms with Gasteiger partial charge in [0, 0.05) is 0 Å². The second-order valence-corrected chi connectivity index (χ2v) is 3.63. The molecule has 0 unspecified atom stereocenters. The predicted molar refractivity (Wildman–Crippen MR) is 54.1 cm³/mol. The van der Waals surface area contributed by atoms with E-state index >= 15 is 0 Å². The van der Waals surface area contributed by atoms with Gasteiger partial charge in [-0.1, -0.05) is 12.1 Å². The molecule has 1 nitrogen and oxygen atoms in total. The Morgan fingerprint density at radius 1 is 1.23 bits per heavy atom. The Bertz CT molecular complexity index is 422. The molecule has 0 saturated carbocycles. The van der Waals surface area contributed by atoms with Gasteiger partial charge in [0.15, 0.2) is 0 Å². The molecule has 0 atom stereocenters. The second kappa shape index (κ2) is 3.18. The summed E-state index contributed by atoms with van der Waals surface area (Å²) >= 11 is 1.52. The minimum Gasteiger partial charge on any atom is -0.398 e. The maximum Gasteiger partial charge on any atom is 0.123 e. The smallest absolute Gasteiger partial charge is 0.123 e. The highest BCUT2D eigenvalue weighted by Crippen LogP contribution is 2.31. The highest BCUT2D eigenvalue weighted by molar-refractivity contribution is 7.14. The number of rotatable bonds is 1. The van der Waals surface area contributed by atoms with Gasteiger partial charge in [-0.15, -0.1) is 11.3 Å². The minimum absolute atomic E-state index is 0.231. The van der Waals surface area contributed by atoms with E-state index in [1.807, 2.05) is 17.5 Å². The van der Waals surface area contributed by atoms with Crippen LogP contribution in [-0.4, -0.2) is 0 Å². The van der Waals surface area contributed by atoms with E-state index in [4.69, 9.17) is 5.73 Å². The molecule has 0 radical (unpaired) electrons. The minimum atomic E-state index is -0.231. The molecule has 66 valence electrons. The van der Waals surface area contributed by atoms with Gasteiger partial charge in [-0.05, 0) is 29.1 Å². The van der Waals surface area contributed by atoms with Crippen LogP contribution in [0.1, 0.15) is 0 Å². The molecule has 13 heavy (non-hydrogen) atoms. The van der Waals surface area contributed by atoms with Gasteiger partial charge in [0.1, 0.15) is 5.82 Å². The lowest BCUT2D eigenvalue weighted by atomic mass is 10.2. The molecule has 1 heterocycles. The van der Waals surface area contributed by atoms with Gasteiger partial charge in [0.25, 0.3) is 0 Å². The lowest BCUT2D eigenvalue weighted by molar-refractivity contribution is 0.628. The third-order valence-corrected chi connectivity index (χ3v) is 2.76. The van der Waals surface area contributed by atoms with Crippen molar-refractivity contribution in [3.8, 4) is 10.4 Å². The van der Waals surface area contributed by atoms with Gasteiger partial charge in [0.2, 0.25) is 0 Å². The van der Waals surface area contributed by atoms with Crippen molar-refractivity contribution in [1.82, 2.24) is 0 Å². The summed E-state index contributed by atoms with van der Waals surface area (Å²) in [6.45, 7) is 0. The van der Waals surface area contributed by atoms with Crippen LogP contribution in [0, 0.1) is 5.82 Å². The summed E-state index contributed by atoms with van der Waals surface area (Å²) in [7, 11) is 0. The standard InChI is InChI=1S/C10H8FNS/c11-8-3-1-2-7(6-8)10-9(12)4-5-13-10/h1-6H,12H2. The summed E-state index contributed by atoms with van der Waals surface area (Å²) in [5.74, 6) is -0.231. The average molecular weight is 193 g/mol. The number of nitrogens with two attached hydrogens (primary N) is 1. The molecule has 2 aromatic rings. The van der Waals surface area contributed by atoms with E-state index in [1.165, 1.54) is 23.5 Å². The van der Waals surface area contributed by atoms with E-state index in [9.17, 15) is 4.39 Å². The molecular formula is C10H8FNS. The monoisotopic (exact) mass is 193 g/mol. The van der Waals surface area contributed by atoms with E-state index in [0.29, 0.717) is 5.69 Å². The summed E-state index contributed by atoms with van der Waals surface area (Å²) in [4.78, 5) is 0.930. The molecule has 1 aromatic carbocycles. The lowest BCUT2D eigenvalue weighted by Gasteiger charge is -1.98. The fraction of sp³-hybridized carbons (Fsp3) is 0. The van der Waals surface area contributed by atoms with Crippen LogP contribution in [0.2, 0.25) is 0 Å². The third kappa shape index (κ3) is 1.55. The van der Waals surface area contributed by atoms with Crippen LogP contribution >= 0.6 is 11.3 Å². The Hall–Kier alpha value is -1.35. The van der Waals surface area contributed by atoms with Gasteiger partial charge in [-0.25, -0.2) is 4.39 Å². The summed E-state index contributed by atoms with van der Waals surface area (Å²) in [5, 5.41) is 1.90. The third-order valence-electron chi connectivity index (χ3n) is 1.78. The summed E-state index contributed by atoms with van der Waals surface area (Å²) in [5.41, 5.74) is 7.26. The van der Waals surface area contributed by atoms with E-state index in [0.717, 1.165) is 10.4 Å². The van der Waals surface area contributed by atoms with Gasteiger partial charge in [-0.2, -0.15) is 0 Å². The number of thiophene rings is 1. The van der Waals surface area contributed by atoms with Gasteiger partial charge in [-0.3, -0.25) is 0 Å². The number of halogens is 1. The first kappa shape index (κ1) is 8.26. The number of nitrogen functional groups attached to an aromatic ring is 1. The zero-order valence-electron chi connectivity index (χ0n) is 6.83. The summed E-state index contributed by atoms with van der Waals surface area (Å²) in [6.07, 6.45) is 0. The van der Waals surface area contributed by atoms with E-state index in [2.05, 4.69) is 0 Å². The van der Waals surface area contributed by atoms with Gasteiger partial charge >= 0.3 is 0 Å². The maximum atomic E-state index is 12.9. The van der Waals surface area contributed by atoms with Crippen molar-refractivity contribution in [2.24, 2.45) is 0 Å². The van der Waals surface area contributed by atoms with E-state index in [1.54, 1.807) is 6.07 Å². The number of anilines is 1. The molecule has 0 aliphatic heterocycles. The van der Waals surface area contributed by atoms with Crippen molar-refractivity contribution in [2.45, 2.75) is 0 Å². The Morgan fingerprint density at radius 3 is 2.69 bits per heavy atom. The molecule has 0 bridgehead atoms. The molecule has 0 spiro atoms. The van der Waals surface area contributed by atoms with E-state index < -0.39 is 0 Å². The first-order chi connectivity index (χ1) is 6.27. The largest absolute Gasteiger partial charge is 0.398 e. The SMILES string of the molecule is Nc1ccsc1-c1cccc(F)c1. The van der Waals surface area contributed by atoms with Crippen LogP contribution in [0.3, 0.4) is 0 Å². The van der Waals surface area contributed by atoms with Crippen LogP contribution < -0.4 is 5.73 Å². The molecule has 0 aliphatic rings. The Labute approximate surface area is 79.6 Å². The molecular weight excluding hydrogens is 185 g/mol. The van der Waals surface area contributed by atoms with Crippen molar-refractivity contribution >= 4 is 17.0 Å². The highest BCUT2D eigenvalue weighted by atomic mass is 32.1. The molecule has 0 amide bonds. The van der Waals surface area contributed by atoms with E-state index in [-0.39, 0.29) is 5.82 Å². The zero-order chi connectivity index (χ0) is 9.26. The van der Waals surface area contributed by atoms with Crippen LogP contribution in [0.25, 0.3) is 10.4 Å². The zero-order valence-corrected chi connectivity index (χ0v) is 7.64. The van der Waals surface area contributed by atoms with Crippen molar-refractivity contribution < 1.29 is 4.39 Å². The lowest BCUT2D eigenvalue weighted by Crippen LogP contribution is -1.84. The quantitative estimate of drug-likeness (QED) is 0.739. The van der Waals surface area contributed by atoms with Gasteiger partial charge in [0.05, 0.1) is 10.6 Å². The molecule has 2 rings (SSSR count). The van der Waals surface area contributed by atoms with Crippen molar-refractivity contribution in [2.75, 3.05) is 5.73 Å². The maximum absolute atomic E-state index is 12.9. The molecule has 0 aliphatic carbocycles. The average Bonchev–Trinajstić information content (AvgIpc) is 2.51. The molecule has 3 heteroatoms. The topological polar surface area (TPSA) is 26.0 Å². The molecule has 0 fully saturated rings. The first-order valence-electron chi connectivity index (χ1n) is 3.86. The van der Waals surface area contributed by atoms with Crippen LogP contribution in [0.4, 0.5) is 10.1 Å². The van der Waals surface area contributed by atoms with Crippen LogP contribution in [0.15, 0.2) is 35.7 Å². The predicted octanol–water partition coefficient (Wildman–Crippen LogP) is 3.14. The van der Waals surface area contributed by atoms with Crippen molar-refractivity contribution in [3.05, 3.63) is 41.5 Å².